The Hall–Kier alpha value is -1.27. The number of morpholine rings is 1. The van der Waals surface area contributed by atoms with E-state index in [0.29, 0.717) is 31.9 Å². The molecular weight excluding hydrogens is 334 g/mol. The minimum absolute atomic E-state index is 0.0474. The van der Waals surface area contributed by atoms with Crippen molar-refractivity contribution in [3.05, 3.63) is 23.9 Å². The standard InChI is InChI=1S/C19H29N3O2S/c23-19(22-10-12-24-13-11-22)16-7-8-18(21-15-16)20-9-4-14-25-17-5-2-1-3-6-17/h7-8,15,17H,1-6,9-14H2,(H,20,21). The summed E-state index contributed by atoms with van der Waals surface area (Å²) < 4.78 is 5.29. The summed E-state index contributed by atoms with van der Waals surface area (Å²) in [5.41, 5.74) is 0.653. The first kappa shape index (κ1) is 18.5. The van der Waals surface area contributed by atoms with Gasteiger partial charge in [0.15, 0.2) is 0 Å². The quantitative estimate of drug-likeness (QED) is 0.752. The van der Waals surface area contributed by atoms with E-state index >= 15 is 0 Å². The van der Waals surface area contributed by atoms with Crippen molar-refractivity contribution in [1.29, 1.82) is 0 Å². The number of nitrogens with one attached hydrogen (secondary N) is 1. The molecule has 0 radical (unpaired) electrons. The Kier molecular flexibility index (Phi) is 7.42. The molecule has 25 heavy (non-hydrogen) atoms. The molecule has 0 unspecified atom stereocenters. The average Bonchev–Trinajstić information content (AvgIpc) is 2.69. The van der Waals surface area contributed by atoms with E-state index in [2.05, 4.69) is 22.1 Å². The molecule has 0 bridgehead atoms. The van der Waals surface area contributed by atoms with Crippen LogP contribution in [0.2, 0.25) is 0 Å². The molecule has 1 aliphatic heterocycles. The van der Waals surface area contributed by atoms with Crippen LogP contribution >= 0.6 is 11.8 Å². The molecule has 1 saturated heterocycles. The molecule has 1 aromatic heterocycles. The van der Waals surface area contributed by atoms with Gasteiger partial charge in [0.1, 0.15) is 5.82 Å². The molecule has 6 heteroatoms. The van der Waals surface area contributed by atoms with Gasteiger partial charge < -0.3 is 15.0 Å². The Morgan fingerprint density at radius 2 is 2.04 bits per heavy atom. The van der Waals surface area contributed by atoms with Gasteiger partial charge in [-0.3, -0.25) is 4.79 Å². The van der Waals surface area contributed by atoms with Crippen molar-refractivity contribution in [2.75, 3.05) is 43.9 Å². The van der Waals surface area contributed by atoms with E-state index in [0.717, 1.165) is 24.0 Å². The number of amides is 1. The van der Waals surface area contributed by atoms with E-state index in [4.69, 9.17) is 4.74 Å². The second-order valence-electron chi connectivity index (χ2n) is 6.75. The van der Waals surface area contributed by atoms with Crippen LogP contribution in [0.3, 0.4) is 0 Å². The number of anilines is 1. The van der Waals surface area contributed by atoms with Crippen LogP contribution in [-0.2, 0) is 4.74 Å². The first-order valence-corrected chi connectivity index (χ1v) is 10.6. The molecule has 0 spiro atoms. The highest BCUT2D eigenvalue weighted by molar-refractivity contribution is 7.99. The highest BCUT2D eigenvalue weighted by Crippen LogP contribution is 2.28. The number of thioether (sulfide) groups is 1. The second kappa shape index (κ2) is 10.0. The third kappa shape index (κ3) is 5.89. The molecule has 1 N–H and O–H groups in total. The molecule has 2 aliphatic rings. The van der Waals surface area contributed by atoms with Crippen LogP contribution in [0.15, 0.2) is 18.3 Å². The Labute approximate surface area is 154 Å². The summed E-state index contributed by atoms with van der Waals surface area (Å²) in [5.74, 6) is 2.11. The third-order valence-electron chi connectivity index (χ3n) is 4.84. The summed E-state index contributed by atoms with van der Waals surface area (Å²) in [6.45, 7) is 3.51. The molecule has 2 fully saturated rings. The van der Waals surface area contributed by atoms with Crippen molar-refractivity contribution < 1.29 is 9.53 Å². The monoisotopic (exact) mass is 363 g/mol. The highest BCUT2D eigenvalue weighted by Gasteiger charge is 2.18. The largest absolute Gasteiger partial charge is 0.378 e. The van der Waals surface area contributed by atoms with E-state index < -0.39 is 0 Å². The van der Waals surface area contributed by atoms with Crippen LogP contribution in [0.1, 0.15) is 48.9 Å². The smallest absolute Gasteiger partial charge is 0.255 e. The molecule has 3 rings (SSSR count). The summed E-state index contributed by atoms with van der Waals surface area (Å²) in [4.78, 5) is 18.6. The number of carbonyl (C=O) groups is 1. The predicted octanol–water partition coefficient (Wildman–Crippen LogP) is 3.42. The SMILES string of the molecule is O=C(c1ccc(NCCCSC2CCCCC2)nc1)N1CCOCC1. The first-order valence-electron chi connectivity index (χ1n) is 9.51. The highest BCUT2D eigenvalue weighted by atomic mass is 32.2. The Balaban J connectivity index is 1.35. The number of hydrogen-bond donors (Lipinski definition) is 1. The molecule has 1 saturated carbocycles. The summed E-state index contributed by atoms with van der Waals surface area (Å²) in [7, 11) is 0. The van der Waals surface area contributed by atoms with Crippen molar-refractivity contribution in [3.8, 4) is 0 Å². The van der Waals surface area contributed by atoms with Gasteiger partial charge >= 0.3 is 0 Å². The summed E-state index contributed by atoms with van der Waals surface area (Å²) in [6.07, 6.45) is 9.88. The van der Waals surface area contributed by atoms with Crippen molar-refractivity contribution in [3.63, 3.8) is 0 Å². The summed E-state index contributed by atoms with van der Waals surface area (Å²) >= 11 is 2.13. The molecule has 5 nitrogen and oxygen atoms in total. The topological polar surface area (TPSA) is 54.5 Å². The van der Waals surface area contributed by atoms with Gasteiger partial charge in [-0.2, -0.15) is 11.8 Å². The Bertz CT molecular complexity index is 526. The van der Waals surface area contributed by atoms with Crippen LogP contribution < -0.4 is 5.32 Å². The summed E-state index contributed by atoms with van der Waals surface area (Å²) in [6, 6.07) is 3.77. The number of ether oxygens (including phenoxy) is 1. The maximum absolute atomic E-state index is 12.4. The van der Waals surface area contributed by atoms with Gasteiger partial charge in [0, 0.05) is 31.1 Å². The summed E-state index contributed by atoms with van der Waals surface area (Å²) in [5, 5.41) is 4.25. The number of hydrogen-bond acceptors (Lipinski definition) is 5. The van der Waals surface area contributed by atoms with Gasteiger partial charge in [-0.25, -0.2) is 4.98 Å². The minimum atomic E-state index is 0.0474. The van der Waals surface area contributed by atoms with E-state index in [1.165, 1.54) is 37.9 Å². The van der Waals surface area contributed by atoms with Crippen LogP contribution in [0.5, 0.6) is 0 Å². The molecule has 2 heterocycles. The van der Waals surface area contributed by atoms with Gasteiger partial charge in [-0.15, -0.1) is 0 Å². The maximum atomic E-state index is 12.4. The lowest BCUT2D eigenvalue weighted by Gasteiger charge is -2.26. The number of nitrogens with zero attached hydrogens (tertiary/aromatic N) is 2. The minimum Gasteiger partial charge on any atom is -0.378 e. The van der Waals surface area contributed by atoms with Crippen LogP contribution in [-0.4, -0.2) is 59.6 Å². The zero-order valence-corrected chi connectivity index (χ0v) is 15.7. The molecule has 0 aromatic carbocycles. The van der Waals surface area contributed by atoms with Crippen molar-refractivity contribution in [2.45, 2.75) is 43.8 Å². The van der Waals surface area contributed by atoms with Gasteiger partial charge in [0.2, 0.25) is 0 Å². The van der Waals surface area contributed by atoms with E-state index in [-0.39, 0.29) is 5.91 Å². The van der Waals surface area contributed by atoms with Crippen LogP contribution in [0.25, 0.3) is 0 Å². The number of carbonyl (C=O) groups excluding carboxylic acids is 1. The fourth-order valence-electron chi connectivity index (χ4n) is 3.34. The van der Waals surface area contributed by atoms with E-state index in [9.17, 15) is 4.79 Å². The molecule has 1 aromatic rings. The van der Waals surface area contributed by atoms with Crippen molar-refractivity contribution in [1.82, 2.24) is 9.88 Å². The van der Waals surface area contributed by atoms with Crippen LogP contribution in [0, 0.1) is 0 Å². The predicted molar refractivity (Wildman–Crippen MR) is 103 cm³/mol. The first-order chi connectivity index (χ1) is 12.3. The van der Waals surface area contributed by atoms with E-state index in [1.807, 2.05) is 17.0 Å². The van der Waals surface area contributed by atoms with Crippen LogP contribution in [0.4, 0.5) is 5.82 Å². The van der Waals surface area contributed by atoms with E-state index in [1.54, 1.807) is 6.20 Å². The van der Waals surface area contributed by atoms with Gasteiger partial charge in [0.05, 0.1) is 18.8 Å². The maximum Gasteiger partial charge on any atom is 0.255 e. The molecular formula is C19H29N3O2S. The molecule has 1 aliphatic carbocycles. The van der Waals surface area contributed by atoms with Crippen molar-refractivity contribution >= 4 is 23.5 Å². The molecule has 138 valence electrons. The fourth-order valence-corrected chi connectivity index (χ4v) is 4.66. The zero-order chi connectivity index (χ0) is 17.3. The zero-order valence-electron chi connectivity index (χ0n) is 14.9. The molecule has 0 atom stereocenters. The van der Waals surface area contributed by atoms with Gasteiger partial charge in [0.25, 0.3) is 5.91 Å². The number of aromatic nitrogens is 1. The number of pyridine rings is 1. The Morgan fingerprint density at radius 3 is 2.76 bits per heavy atom. The lowest BCUT2D eigenvalue weighted by Crippen LogP contribution is -2.40. The lowest BCUT2D eigenvalue weighted by molar-refractivity contribution is 0.0302. The normalized spacial score (nSPS) is 19.0. The second-order valence-corrected chi connectivity index (χ2v) is 8.16. The Morgan fingerprint density at radius 1 is 1.24 bits per heavy atom. The average molecular weight is 364 g/mol. The molecule has 1 amide bonds. The number of rotatable bonds is 7. The fraction of sp³-hybridized carbons (Fsp3) is 0.684. The lowest BCUT2D eigenvalue weighted by atomic mass is 10.0. The van der Waals surface area contributed by atoms with Crippen molar-refractivity contribution in [2.24, 2.45) is 0 Å². The van der Waals surface area contributed by atoms with Gasteiger partial charge in [-0.05, 0) is 37.1 Å². The third-order valence-corrected chi connectivity index (χ3v) is 6.31. The van der Waals surface area contributed by atoms with Gasteiger partial charge in [-0.1, -0.05) is 19.3 Å².